The Morgan fingerprint density at radius 1 is 1.25 bits per heavy atom. The largest absolute Gasteiger partial charge is 0.399 e. The predicted octanol–water partition coefficient (Wildman–Crippen LogP) is 2.69. The quantitative estimate of drug-likeness (QED) is 0.801. The lowest BCUT2D eigenvalue weighted by Crippen LogP contribution is -1.88. The molecule has 1 aromatic carbocycles. The highest BCUT2D eigenvalue weighted by Crippen LogP contribution is 2.29. The molecular weight excluding hydrogens is 218 g/mol. The number of aromatic nitrogens is 1. The van der Waals surface area contributed by atoms with Gasteiger partial charge >= 0.3 is 0 Å². The number of nitrogens with two attached hydrogens (primary N) is 1. The predicted molar refractivity (Wildman–Crippen MR) is 63.9 cm³/mol. The Labute approximate surface area is 97.9 Å². The fourth-order valence-corrected chi connectivity index (χ4v) is 2.08. The molecule has 78 valence electrons. The second-order valence-corrected chi connectivity index (χ2v) is 4.20. The average molecular weight is 227 g/mol. The van der Waals surface area contributed by atoms with Gasteiger partial charge in [-0.05, 0) is 30.3 Å². The number of hydrogen-bond donors (Lipinski definition) is 1. The molecule has 1 heterocycles. The van der Waals surface area contributed by atoms with E-state index in [9.17, 15) is 0 Å². The van der Waals surface area contributed by atoms with Gasteiger partial charge in [0.15, 0.2) is 0 Å². The zero-order valence-electron chi connectivity index (χ0n) is 8.42. The number of nitrogen functional groups attached to an aromatic ring is 1. The Hall–Kier alpha value is -1.99. The molecular formula is C12H9N3S. The Bertz CT molecular complexity index is 532. The molecule has 0 saturated heterocycles. The first-order valence-corrected chi connectivity index (χ1v) is 5.50. The maximum absolute atomic E-state index is 8.98. The summed E-state index contributed by atoms with van der Waals surface area (Å²) in [6, 6.07) is 13.1. The van der Waals surface area contributed by atoms with Crippen LogP contribution >= 0.6 is 11.8 Å². The summed E-state index contributed by atoms with van der Waals surface area (Å²) < 4.78 is 0. The number of nitrogens with zero attached hydrogens (tertiary/aromatic N) is 2. The summed E-state index contributed by atoms with van der Waals surface area (Å²) in [6.45, 7) is 0. The first-order chi connectivity index (χ1) is 7.79. The second kappa shape index (κ2) is 4.69. The van der Waals surface area contributed by atoms with Crippen LogP contribution in [0.25, 0.3) is 0 Å². The van der Waals surface area contributed by atoms with Crippen LogP contribution in [0.2, 0.25) is 0 Å². The van der Waals surface area contributed by atoms with Crippen molar-refractivity contribution < 1.29 is 0 Å². The highest BCUT2D eigenvalue weighted by atomic mass is 32.2. The molecule has 2 aromatic rings. The van der Waals surface area contributed by atoms with Gasteiger partial charge in [-0.3, -0.25) is 0 Å². The van der Waals surface area contributed by atoms with Crippen molar-refractivity contribution in [2.75, 3.05) is 5.73 Å². The Kier molecular flexibility index (Phi) is 3.08. The first kappa shape index (κ1) is 10.5. The van der Waals surface area contributed by atoms with E-state index in [0.717, 1.165) is 9.92 Å². The van der Waals surface area contributed by atoms with Crippen molar-refractivity contribution >= 4 is 17.4 Å². The van der Waals surface area contributed by atoms with Crippen LogP contribution in [0, 0.1) is 11.3 Å². The monoisotopic (exact) mass is 227 g/mol. The van der Waals surface area contributed by atoms with Gasteiger partial charge in [-0.1, -0.05) is 17.8 Å². The topological polar surface area (TPSA) is 62.7 Å². The molecule has 0 atom stereocenters. The van der Waals surface area contributed by atoms with Crippen molar-refractivity contribution in [2.24, 2.45) is 0 Å². The van der Waals surface area contributed by atoms with E-state index in [0.29, 0.717) is 11.3 Å². The third kappa shape index (κ3) is 2.33. The van der Waals surface area contributed by atoms with E-state index < -0.39 is 0 Å². The van der Waals surface area contributed by atoms with Crippen LogP contribution in [0.3, 0.4) is 0 Å². The van der Waals surface area contributed by atoms with Gasteiger partial charge < -0.3 is 5.73 Å². The first-order valence-electron chi connectivity index (χ1n) is 4.68. The number of nitriles is 1. The molecule has 2 rings (SSSR count). The maximum atomic E-state index is 8.98. The molecule has 0 amide bonds. The lowest BCUT2D eigenvalue weighted by atomic mass is 10.2. The molecule has 0 radical (unpaired) electrons. The summed E-state index contributed by atoms with van der Waals surface area (Å²) in [5, 5.41) is 9.85. The molecule has 0 aliphatic heterocycles. The Balaban J connectivity index is 2.32. The van der Waals surface area contributed by atoms with E-state index in [1.807, 2.05) is 24.3 Å². The third-order valence-electron chi connectivity index (χ3n) is 1.98. The van der Waals surface area contributed by atoms with Crippen LogP contribution in [-0.2, 0) is 0 Å². The van der Waals surface area contributed by atoms with Crippen molar-refractivity contribution in [1.82, 2.24) is 4.98 Å². The van der Waals surface area contributed by atoms with Gasteiger partial charge in [-0.2, -0.15) is 5.26 Å². The van der Waals surface area contributed by atoms with Crippen LogP contribution in [0.15, 0.2) is 52.5 Å². The van der Waals surface area contributed by atoms with Crippen molar-refractivity contribution in [1.29, 1.82) is 5.26 Å². The zero-order chi connectivity index (χ0) is 11.4. The molecule has 1 aromatic heterocycles. The van der Waals surface area contributed by atoms with Crippen molar-refractivity contribution in [3.05, 3.63) is 48.2 Å². The minimum atomic E-state index is 0.579. The molecule has 16 heavy (non-hydrogen) atoms. The molecule has 0 bridgehead atoms. The van der Waals surface area contributed by atoms with E-state index in [4.69, 9.17) is 11.0 Å². The van der Waals surface area contributed by atoms with E-state index in [2.05, 4.69) is 11.1 Å². The molecule has 0 unspecified atom stereocenters. The lowest BCUT2D eigenvalue weighted by molar-refractivity contribution is 1.13. The Morgan fingerprint density at radius 2 is 2.12 bits per heavy atom. The molecule has 3 nitrogen and oxygen atoms in total. The molecule has 0 aliphatic carbocycles. The van der Waals surface area contributed by atoms with Crippen molar-refractivity contribution in [2.45, 2.75) is 9.92 Å². The number of anilines is 1. The van der Waals surface area contributed by atoms with E-state index in [1.165, 1.54) is 11.8 Å². The van der Waals surface area contributed by atoms with E-state index in [-0.39, 0.29) is 0 Å². The zero-order valence-corrected chi connectivity index (χ0v) is 9.24. The molecule has 2 N–H and O–H groups in total. The third-order valence-corrected chi connectivity index (χ3v) is 3.00. The van der Waals surface area contributed by atoms with Gasteiger partial charge in [-0.25, -0.2) is 4.98 Å². The summed E-state index contributed by atoms with van der Waals surface area (Å²) in [6.07, 6.45) is 1.73. The molecule has 0 spiro atoms. The summed E-state index contributed by atoms with van der Waals surface area (Å²) in [4.78, 5) is 5.06. The van der Waals surface area contributed by atoms with Gasteiger partial charge in [0.05, 0.1) is 5.56 Å². The highest BCUT2D eigenvalue weighted by Gasteiger charge is 2.04. The van der Waals surface area contributed by atoms with Gasteiger partial charge in [0.2, 0.25) is 0 Å². The summed E-state index contributed by atoms with van der Waals surface area (Å²) in [5.74, 6) is 0. The molecule has 0 saturated carbocycles. The smallest absolute Gasteiger partial charge is 0.101 e. The van der Waals surface area contributed by atoms with Crippen LogP contribution in [0.4, 0.5) is 5.69 Å². The van der Waals surface area contributed by atoms with E-state index >= 15 is 0 Å². The summed E-state index contributed by atoms with van der Waals surface area (Å²) in [5.41, 5.74) is 6.80. The lowest BCUT2D eigenvalue weighted by Gasteiger charge is -2.03. The fourth-order valence-electron chi connectivity index (χ4n) is 1.24. The minimum absolute atomic E-state index is 0.579. The highest BCUT2D eigenvalue weighted by molar-refractivity contribution is 7.99. The van der Waals surface area contributed by atoms with Crippen LogP contribution in [0.5, 0.6) is 0 Å². The van der Waals surface area contributed by atoms with Gasteiger partial charge in [0.25, 0.3) is 0 Å². The molecule has 0 aliphatic rings. The van der Waals surface area contributed by atoms with Crippen molar-refractivity contribution in [3.8, 4) is 6.07 Å². The van der Waals surface area contributed by atoms with Gasteiger partial charge in [0, 0.05) is 16.8 Å². The maximum Gasteiger partial charge on any atom is 0.101 e. The van der Waals surface area contributed by atoms with Gasteiger partial charge in [-0.15, -0.1) is 0 Å². The Morgan fingerprint density at radius 3 is 2.81 bits per heavy atom. The number of benzene rings is 1. The fraction of sp³-hybridized carbons (Fsp3) is 0. The normalized spacial score (nSPS) is 9.69. The number of hydrogen-bond acceptors (Lipinski definition) is 4. The van der Waals surface area contributed by atoms with Crippen molar-refractivity contribution in [3.63, 3.8) is 0 Å². The molecule has 4 heteroatoms. The van der Waals surface area contributed by atoms with Gasteiger partial charge in [0.1, 0.15) is 11.1 Å². The van der Waals surface area contributed by atoms with E-state index in [1.54, 1.807) is 18.3 Å². The van der Waals surface area contributed by atoms with Crippen LogP contribution < -0.4 is 5.73 Å². The standard InChI is InChI=1S/C12H9N3S/c13-8-9-7-10(14)4-5-11(9)16-12-3-1-2-6-15-12/h1-7H,14H2. The van der Waals surface area contributed by atoms with Crippen LogP contribution in [0.1, 0.15) is 5.56 Å². The second-order valence-electron chi connectivity index (χ2n) is 3.14. The minimum Gasteiger partial charge on any atom is -0.399 e. The molecule has 0 fully saturated rings. The number of rotatable bonds is 2. The summed E-state index contributed by atoms with van der Waals surface area (Å²) >= 11 is 1.46. The summed E-state index contributed by atoms with van der Waals surface area (Å²) in [7, 11) is 0. The average Bonchev–Trinajstić information content (AvgIpc) is 2.33. The SMILES string of the molecule is N#Cc1cc(N)ccc1Sc1ccccn1. The van der Waals surface area contributed by atoms with Crippen LogP contribution in [-0.4, -0.2) is 4.98 Å². The number of pyridine rings is 1.